The van der Waals surface area contributed by atoms with Crippen LogP contribution in [0.2, 0.25) is 0 Å². The molecule has 3 aromatic rings. The summed E-state index contributed by atoms with van der Waals surface area (Å²) in [5.74, 6) is 0.598. The molecule has 1 amide bonds. The Morgan fingerprint density at radius 2 is 1.79 bits per heavy atom. The standard InChI is InChI=1S/C24H25F3N4O2/c1-18-5-2-3-8-22(18)33-17-31-10-9-21(28-31)23(32)30-13-11-29(12-14-30)16-19-6-4-7-20(15-19)24(25,26)27/h2-10,15H,11-14,16-17H2,1H3. The minimum atomic E-state index is -4.35. The summed E-state index contributed by atoms with van der Waals surface area (Å²) in [5, 5.41) is 4.33. The Kier molecular flexibility index (Phi) is 6.69. The predicted molar refractivity (Wildman–Crippen MR) is 117 cm³/mol. The summed E-state index contributed by atoms with van der Waals surface area (Å²) in [6, 6.07) is 14.7. The lowest BCUT2D eigenvalue weighted by molar-refractivity contribution is -0.137. The second-order valence-electron chi connectivity index (χ2n) is 8.05. The van der Waals surface area contributed by atoms with Crippen LogP contribution in [0.3, 0.4) is 0 Å². The van der Waals surface area contributed by atoms with Crippen LogP contribution in [0.1, 0.15) is 27.2 Å². The first-order valence-corrected chi connectivity index (χ1v) is 10.7. The van der Waals surface area contributed by atoms with Gasteiger partial charge >= 0.3 is 6.18 Å². The molecule has 33 heavy (non-hydrogen) atoms. The second-order valence-corrected chi connectivity index (χ2v) is 8.05. The molecule has 0 spiro atoms. The van der Waals surface area contributed by atoms with Crippen LogP contribution in [0, 0.1) is 6.92 Å². The average molecular weight is 458 g/mol. The molecule has 1 aromatic heterocycles. The van der Waals surface area contributed by atoms with Gasteiger partial charge in [0.25, 0.3) is 5.91 Å². The number of benzene rings is 2. The van der Waals surface area contributed by atoms with Gasteiger partial charge in [0.05, 0.1) is 5.56 Å². The minimum Gasteiger partial charge on any atom is -0.471 e. The largest absolute Gasteiger partial charge is 0.471 e. The summed E-state index contributed by atoms with van der Waals surface area (Å²) in [6.07, 6.45) is -2.65. The molecule has 1 aliphatic heterocycles. The van der Waals surface area contributed by atoms with Crippen LogP contribution < -0.4 is 4.74 Å². The van der Waals surface area contributed by atoms with E-state index in [2.05, 4.69) is 5.10 Å². The van der Waals surface area contributed by atoms with Crippen LogP contribution in [0.5, 0.6) is 5.75 Å². The SMILES string of the molecule is Cc1ccccc1OCn1ccc(C(=O)N2CCN(Cc3cccc(C(F)(F)F)c3)CC2)n1. The first-order chi connectivity index (χ1) is 15.8. The van der Waals surface area contributed by atoms with Crippen molar-refractivity contribution in [3.63, 3.8) is 0 Å². The van der Waals surface area contributed by atoms with Gasteiger partial charge in [-0.15, -0.1) is 0 Å². The highest BCUT2D eigenvalue weighted by Crippen LogP contribution is 2.29. The van der Waals surface area contributed by atoms with E-state index in [0.717, 1.165) is 17.4 Å². The van der Waals surface area contributed by atoms with Crippen LogP contribution in [0.15, 0.2) is 60.8 Å². The lowest BCUT2D eigenvalue weighted by Crippen LogP contribution is -2.48. The fourth-order valence-corrected chi connectivity index (χ4v) is 3.78. The number of carbonyl (C=O) groups is 1. The molecular formula is C24H25F3N4O2. The Labute approximate surface area is 190 Å². The summed E-state index contributed by atoms with van der Waals surface area (Å²) in [4.78, 5) is 16.6. The third-order valence-electron chi connectivity index (χ3n) is 5.63. The number of nitrogens with zero attached hydrogens (tertiary/aromatic N) is 4. The Morgan fingerprint density at radius 3 is 2.52 bits per heavy atom. The summed E-state index contributed by atoms with van der Waals surface area (Å²) >= 11 is 0. The van der Waals surface area contributed by atoms with Gasteiger partial charge in [-0.3, -0.25) is 9.69 Å². The number of hydrogen-bond acceptors (Lipinski definition) is 4. The second kappa shape index (κ2) is 9.66. The fraction of sp³-hybridized carbons (Fsp3) is 0.333. The van der Waals surface area contributed by atoms with E-state index >= 15 is 0 Å². The maximum atomic E-state index is 12.9. The van der Waals surface area contributed by atoms with Crippen molar-refractivity contribution in [1.82, 2.24) is 19.6 Å². The highest BCUT2D eigenvalue weighted by molar-refractivity contribution is 5.92. The number of hydrogen-bond donors (Lipinski definition) is 0. The highest BCUT2D eigenvalue weighted by atomic mass is 19.4. The molecule has 0 N–H and O–H groups in total. The van der Waals surface area contributed by atoms with Gasteiger partial charge in [0.2, 0.25) is 0 Å². The monoisotopic (exact) mass is 458 g/mol. The molecule has 174 valence electrons. The number of aromatic nitrogens is 2. The molecule has 4 rings (SSSR count). The number of halogens is 3. The van der Waals surface area contributed by atoms with Crippen molar-refractivity contribution in [2.75, 3.05) is 26.2 Å². The summed E-state index contributed by atoms with van der Waals surface area (Å²) in [7, 11) is 0. The van der Waals surface area contributed by atoms with Gasteiger partial charge < -0.3 is 9.64 Å². The molecule has 1 saturated heterocycles. The zero-order chi connectivity index (χ0) is 23.4. The Balaban J connectivity index is 1.29. The van der Waals surface area contributed by atoms with Crippen molar-refractivity contribution >= 4 is 5.91 Å². The number of piperazine rings is 1. The molecule has 1 aliphatic rings. The topological polar surface area (TPSA) is 50.6 Å². The molecule has 0 unspecified atom stereocenters. The maximum Gasteiger partial charge on any atom is 0.416 e. The summed E-state index contributed by atoms with van der Waals surface area (Å²) in [5.41, 5.74) is 1.33. The van der Waals surface area contributed by atoms with Crippen LogP contribution in [0.25, 0.3) is 0 Å². The highest BCUT2D eigenvalue weighted by Gasteiger charge is 2.30. The Bertz CT molecular complexity index is 1100. The molecular weight excluding hydrogens is 433 g/mol. The van der Waals surface area contributed by atoms with Crippen LogP contribution in [-0.4, -0.2) is 51.7 Å². The van der Waals surface area contributed by atoms with E-state index < -0.39 is 11.7 Å². The van der Waals surface area contributed by atoms with E-state index in [1.807, 2.05) is 36.1 Å². The minimum absolute atomic E-state index is 0.164. The lowest BCUT2D eigenvalue weighted by atomic mass is 10.1. The quantitative estimate of drug-likeness (QED) is 0.556. The molecule has 1 fully saturated rings. The van der Waals surface area contributed by atoms with E-state index in [-0.39, 0.29) is 12.6 Å². The van der Waals surface area contributed by atoms with Gasteiger partial charge in [-0.1, -0.05) is 36.4 Å². The van der Waals surface area contributed by atoms with E-state index in [4.69, 9.17) is 4.74 Å². The number of amides is 1. The van der Waals surface area contributed by atoms with E-state index in [1.54, 1.807) is 27.9 Å². The van der Waals surface area contributed by atoms with Gasteiger partial charge in [-0.2, -0.15) is 18.3 Å². The first kappa shape index (κ1) is 22.8. The van der Waals surface area contributed by atoms with Crippen molar-refractivity contribution < 1.29 is 22.7 Å². The first-order valence-electron chi connectivity index (χ1n) is 10.7. The maximum absolute atomic E-state index is 12.9. The molecule has 0 aliphatic carbocycles. The fourth-order valence-electron chi connectivity index (χ4n) is 3.78. The zero-order valence-electron chi connectivity index (χ0n) is 18.3. The molecule has 0 radical (unpaired) electrons. The lowest BCUT2D eigenvalue weighted by Gasteiger charge is -2.34. The van der Waals surface area contributed by atoms with Crippen LogP contribution >= 0.6 is 0 Å². The van der Waals surface area contributed by atoms with Crippen molar-refractivity contribution in [3.05, 3.63) is 83.2 Å². The number of alkyl halides is 3. The number of para-hydroxylation sites is 1. The van der Waals surface area contributed by atoms with Crippen LogP contribution in [-0.2, 0) is 19.5 Å². The number of carbonyl (C=O) groups excluding carboxylic acids is 1. The molecule has 2 aromatic carbocycles. The normalized spacial score (nSPS) is 15.0. The molecule has 6 nitrogen and oxygen atoms in total. The molecule has 0 atom stereocenters. The van der Waals surface area contributed by atoms with Gasteiger partial charge in [-0.05, 0) is 36.2 Å². The van der Waals surface area contributed by atoms with Crippen molar-refractivity contribution in [2.24, 2.45) is 0 Å². The molecule has 2 heterocycles. The van der Waals surface area contributed by atoms with E-state index in [9.17, 15) is 18.0 Å². The molecule has 9 heteroatoms. The summed E-state index contributed by atoms with van der Waals surface area (Å²) < 4.78 is 46.1. The van der Waals surface area contributed by atoms with Crippen molar-refractivity contribution in [2.45, 2.75) is 26.4 Å². The number of aryl methyl sites for hydroxylation is 1. The molecule has 0 bridgehead atoms. The van der Waals surface area contributed by atoms with Crippen molar-refractivity contribution in [1.29, 1.82) is 0 Å². The van der Waals surface area contributed by atoms with E-state index in [0.29, 0.717) is 44.0 Å². The van der Waals surface area contributed by atoms with Gasteiger partial charge in [0.1, 0.15) is 5.75 Å². The average Bonchev–Trinajstić information content (AvgIpc) is 3.27. The third kappa shape index (κ3) is 5.73. The number of ether oxygens (including phenoxy) is 1. The van der Waals surface area contributed by atoms with Crippen LogP contribution in [0.4, 0.5) is 13.2 Å². The predicted octanol–water partition coefficient (Wildman–Crippen LogP) is 4.20. The van der Waals surface area contributed by atoms with Gasteiger partial charge in [-0.25, -0.2) is 4.68 Å². The Morgan fingerprint density at radius 1 is 1.03 bits per heavy atom. The smallest absolute Gasteiger partial charge is 0.416 e. The van der Waals surface area contributed by atoms with Gasteiger partial charge in [0, 0.05) is 38.9 Å². The molecule has 0 saturated carbocycles. The number of rotatable bonds is 6. The van der Waals surface area contributed by atoms with E-state index in [1.165, 1.54) is 12.1 Å². The third-order valence-corrected chi connectivity index (χ3v) is 5.63. The van der Waals surface area contributed by atoms with Crippen molar-refractivity contribution in [3.8, 4) is 5.75 Å². The van der Waals surface area contributed by atoms with Gasteiger partial charge in [0.15, 0.2) is 12.4 Å². The Hall–Kier alpha value is -3.33. The zero-order valence-corrected chi connectivity index (χ0v) is 18.3. The summed E-state index contributed by atoms with van der Waals surface area (Å²) in [6.45, 7) is 4.71.